The SMILES string of the molecule is CC(C)=CCNC(=O)c1cccc(O)c1O. The number of phenols is 2. The zero-order valence-electron chi connectivity index (χ0n) is 9.32. The second-order valence-corrected chi connectivity index (χ2v) is 3.66. The number of carbonyl (C=O) groups excluding carboxylic acids is 1. The smallest absolute Gasteiger partial charge is 0.255 e. The Labute approximate surface area is 94.2 Å². The van der Waals surface area contributed by atoms with Crippen molar-refractivity contribution in [2.45, 2.75) is 13.8 Å². The molecule has 1 amide bonds. The Balaban J connectivity index is 2.74. The van der Waals surface area contributed by atoms with Crippen molar-refractivity contribution in [1.29, 1.82) is 0 Å². The minimum absolute atomic E-state index is 0.0714. The summed E-state index contributed by atoms with van der Waals surface area (Å²) in [6.45, 7) is 4.26. The molecule has 0 aromatic heterocycles. The van der Waals surface area contributed by atoms with Crippen molar-refractivity contribution in [3.05, 3.63) is 35.4 Å². The van der Waals surface area contributed by atoms with Gasteiger partial charge in [-0.05, 0) is 26.0 Å². The highest BCUT2D eigenvalue weighted by Crippen LogP contribution is 2.27. The van der Waals surface area contributed by atoms with E-state index in [-0.39, 0.29) is 11.3 Å². The number of carbonyl (C=O) groups is 1. The number of para-hydroxylation sites is 1. The van der Waals surface area contributed by atoms with E-state index < -0.39 is 11.7 Å². The lowest BCUT2D eigenvalue weighted by molar-refractivity contribution is 0.0954. The standard InChI is InChI=1S/C12H15NO3/c1-8(2)6-7-13-12(16)9-4-3-5-10(14)11(9)15/h3-6,14-15H,7H2,1-2H3,(H,13,16). The van der Waals surface area contributed by atoms with Crippen LogP contribution in [-0.4, -0.2) is 22.7 Å². The van der Waals surface area contributed by atoms with Crippen LogP contribution in [0.4, 0.5) is 0 Å². The van der Waals surface area contributed by atoms with E-state index >= 15 is 0 Å². The second kappa shape index (κ2) is 5.21. The molecule has 0 unspecified atom stereocenters. The molecule has 0 spiro atoms. The van der Waals surface area contributed by atoms with Gasteiger partial charge in [0.25, 0.3) is 5.91 Å². The predicted molar refractivity (Wildman–Crippen MR) is 61.5 cm³/mol. The van der Waals surface area contributed by atoms with Gasteiger partial charge >= 0.3 is 0 Å². The highest BCUT2D eigenvalue weighted by atomic mass is 16.3. The zero-order valence-corrected chi connectivity index (χ0v) is 9.32. The molecular formula is C12H15NO3. The Hall–Kier alpha value is -1.97. The molecule has 4 heteroatoms. The van der Waals surface area contributed by atoms with Gasteiger partial charge in [-0.1, -0.05) is 17.7 Å². The van der Waals surface area contributed by atoms with Gasteiger partial charge < -0.3 is 15.5 Å². The first-order chi connectivity index (χ1) is 7.52. The third kappa shape index (κ3) is 3.02. The van der Waals surface area contributed by atoms with Crippen LogP contribution in [0.2, 0.25) is 0 Å². The Kier molecular flexibility index (Phi) is 3.94. The quantitative estimate of drug-likeness (QED) is 0.538. The Bertz CT molecular complexity index is 420. The van der Waals surface area contributed by atoms with Crippen LogP contribution in [-0.2, 0) is 0 Å². The molecule has 86 valence electrons. The van der Waals surface area contributed by atoms with Crippen molar-refractivity contribution in [3.63, 3.8) is 0 Å². The normalized spacial score (nSPS) is 9.62. The van der Waals surface area contributed by atoms with E-state index in [0.29, 0.717) is 6.54 Å². The van der Waals surface area contributed by atoms with Gasteiger partial charge in [0.15, 0.2) is 11.5 Å². The molecule has 0 heterocycles. The van der Waals surface area contributed by atoms with E-state index in [9.17, 15) is 15.0 Å². The molecule has 16 heavy (non-hydrogen) atoms. The maximum Gasteiger partial charge on any atom is 0.255 e. The molecule has 1 rings (SSSR count). The zero-order chi connectivity index (χ0) is 12.1. The lowest BCUT2D eigenvalue weighted by Crippen LogP contribution is -2.23. The minimum Gasteiger partial charge on any atom is -0.504 e. The first kappa shape index (κ1) is 12.1. The summed E-state index contributed by atoms with van der Waals surface area (Å²) in [6, 6.07) is 4.28. The van der Waals surface area contributed by atoms with Crippen molar-refractivity contribution in [1.82, 2.24) is 5.32 Å². The number of benzene rings is 1. The largest absolute Gasteiger partial charge is 0.504 e. The van der Waals surface area contributed by atoms with Crippen molar-refractivity contribution in [3.8, 4) is 11.5 Å². The topological polar surface area (TPSA) is 69.6 Å². The molecule has 1 aromatic rings. The van der Waals surface area contributed by atoms with Crippen molar-refractivity contribution in [2.75, 3.05) is 6.54 Å². The number of nitrogens with one attached hydrogen (secondary N) is 1. The van der Waals surface area contributed by atoms with Crippen molar-refractivity contribution in [2.24, 2.45) is 0 Å². The average Bonchev–Trinajstić information content (AvgIpc) is 2.21. The molecule has 4 nitrogen and oxygen atoms in total. The number of aromatic hydroxyl groups is 2. The van der Waals surface area contributed by atoms with Crippen LogP contribution in [0.5, 0.6) is 11.5 Å². The Morgan fingerprint density at radius 3 is 2.69 bits per heavy atom. The van der Waals surface area contributed by atoms with Gasteiger partial charge in [0.1, 0.15) is 0 Å². The van der Waals surface area contributed by atoms with Gasteiger partial charge in [-0.3, -0.25) is 4.79 Å². The number of rotatable bonds is 3. The number of amides is 1. The number of hydrogen-bond donors (Lipinski definition) is 3. The molecular weight excluding hydrogens is 206 g/mol. The maximum atomic E-state index is 11.6. The van der Waals surface area contributed by atoms with Crippen LogP contribution in [0.25, 0.3) is 0 Å². The fourth-order valence-electron chi connectivity index (χ4n) is 1.16. The Morgan fingerprint density at radius 2 is 2.06 bits per heavy atom. The average molecular weight is 221 g/mol. The van der Waals surface area contributed by atoms with Gasteiger partial charge in [0.2, 0.25) is 0 Å². The third-order valence-electron chi connectivity index (χ3n) is 2.03. The highest BCUT2D eigenvalue weighted by Gasteiger charge is 2.12. The summed E-state index contributed by atoms with van der Waals surface area (Å²) in [4.78, 5) is 11.6. The van der Waals surface area contributed by atoms with Gasteiger partial charge in [0.05, 0.1) is 5.56 Å². The van der Waals surface area contributed by atoms with E-state index in [2.05, 4.69) is 5.32 Å². The maximum absolute atomic E-state index is 11.6. The summed E-state index contributed by atoms with van der Waals surface area (Å²) in [6.07, 6.45) is 1.86. The van der Waals surface area contributed by atoms with Gasteiger partial charge in [0, 0.05) is 6.54 Å². The van der Waals surface area contributed by atoms with Crippen LogP contribution in [0.3, 0.4) is 0 Å². The van der Waals surface area contributed by atoms with Crippen molar-refractivity contribution >= 4 is 5.91 Å². The molecule has 0 bridgehead atoms. The van der Waals surface area contributed by atoms with Crippen LogP contribution in [0, 0.1) is 0 Å². The molecule has 3 N–H and O–H groups in total. The first-order valence-corrected chi connectivity index (χ1v) is 4.95. The highest BCUT2D eigenvalue weighted by molar-refractivity contribution is 5.97. The van der Waals surface area contributed by atoms with Crippen molar-refractivity contribution < 1.29 is 15.0 Å². The van der Waals surface area contributed by atoms with Gasteiger partial charge in [-0.15, -0.1) is 0 Å². The van der Waals surface area contributed by atoms with Gasteiger partial charge in [-0.25, -0.2) is 0 Å². The van der Waals surface area contributed by atoms with Crippen LogP contribution >= 0.6 is 0 Å². The second-order valence-electron chi connectivity index (χ2n) is 3.66. The monoisotopic (exact) mass is 221 g/mol. The number of allylic oxidation sites excluding steroid dienone is 1. The van der Waals surface area contributed by atoms with Gasteiger partial charge in [-0.2, -0.15) is 0 Å². The predicted octanol–water partition coefficient (Wildman–Crippen LogP) is 1.79. The molecule has 0 saturated carbocycles. The lowest BCUT2D eigenvalue weighted by atomic mass is 10.1. The lowest BCUT2D eigenvalue weighted by Gasteiger charge is -2.06. The summed E-state index contributed by atoms with van der Waals surface area (Å²) in [5, 5.41) is 21.3. The summed E-state index contributed by atoms with van der Waals surface area (Å²) in [5.74, 6) is -1.10. The van der Waals surface area contributed by atoms with E-state index in [0.717, 1.165) is 5.57 Å². The van der Waals surface area contributed by atoms with Crippen LogP contribution in [0.15, 0.2) is 29.8 Å². The fraction of sp³-hybridized carbons (Fsp3) is 0.250. The molecule has 0 aliphatic rings. The molecule has 0 saturated heterocycles. The summed E-state index contributed by atoms with van der Waals surface area (Å²) < 4.78 is 0. The molecule has 1 aromatic carbocycles. The molecule has 0 fully saturated rings. The summed E-state index contributed by atoms with van der Waals surface area (Å²) in [7, 11) is 0. The first-order valence-electron chi connectivity index (χ1n) is 4.95. The molecule has 0 aliphatic heterocycles. The summed E-state index contributed by atoms with van der Waals surface area (Å²) in [5.41, 5.74) is 1.17. The van der Waals surface area contributed by atoms with Crippen LogP contribution in [0.1, 0.15) is 24.2 Å². The molecule has 0 aliphatic carbocycles. The molecule has 0 radical (unpaired) electrons. The van der Waals surface area contributed by atoms with E-state index in [4.69, 9.17) is 0 Å². The van der Waals surface area contributed by atoms with E-state index in [1.165, 1.54) is 18.2 Å². The third-order valence-corrected chi connectivity index (χ3v) is 2.03. The number of hydrogen-bond acceptors (Lipinski definition) is 3. The van der Waals surface area contributed by atoms with E-state index in [1.54, 1.807) is 0 Å². The molecule has 0 atom stereocenters. The summed E-state index contributed by atoms with van der Waals surface area (Å²) >= 11 is 0. The number of phenolic OH excluding ortho intramolecular Hbond substituents is 2. The Morgan fingerprint density at radius 1 is 1.38 bits per heavy atom. The van der Waals surface area contributed by atoms with Crippen LogP contribution < -0.4 is 5.32 Å². The fourth-order valence-corrected chi connectivity index (χ4v) is 1.16. The van der Waals surface area contributed by atoms with E-state index in [1.807, 2.05) is 19.9 Å². The minimum atomic E-state index is -0.411.